The first kappa shape index (κ1) is 15.9. The Morgan fingerprint density at radius 3 is 2.35 bits per heavy atom. The number of carbonyl (C=O) groups excluding carboxylic acids is 1. The fraction of sp³-hybridized carbons (Fsp3) is 0. The molecule has 126 valence electrons. The number of para-hydroxylation sites is 1. The Morgan fingerprint density at radius 2 is 1.50 bits per heavy atom. The van der Waals surface area contributed by atoms with Gasteiger partial charge < -0.3 is 10.4 Å². The first-order valence-corrected chi connectivity index (χ1v) is 8.40. The second-order valence-electron chi connectivity index (χ2n) is 6.08. The van der Waals surface area contributed by atoms with Crippen LogP contribution in [0.3, 0.4) is 0 Å². The van der Waals surface area contributed by atoms with Gasteiger partial charge in [0.05, 0.1) is 5.56 Å². The van der Waals surface area contributed by atoms with Crippen LogP contribution in [-0.4, -0.2) is 11.0 Å². The molecule has 0 aliphatic carbocycles. The molecule has 0 aliphatic rings. The third kappa shape index (κ3) is 3.03. The summed E-state index contributed by atoms with van der Waals surface area (Å²) in [6.07, 6.45) is 0. The highest BCUT2D eigenvalue weighted by molar-refractivity contribution is 6.07. The lowest BCUT2D eigenvalue weighted by Crippen LogP contribution is -2.12. The van der Waals surface area contributed by atoms with Crippen LogP contribution in [0.15, 0.2) is 91.0 Å². The molecule has 4 aromatic rings. The zero-order valence-electron chi connectivity index (χ0n) is 14.0. The van der Waals surface area contributed by atoms with E-state index < -0.39 is 0 Å². The Morgan fingerprint density at radius 1 is 0.769 bits per heavy atom. The zero-order chi connectivity index (χ0) is 17.9. The number of fused-ring (bicyclic) bond motifs is 1. The lowest BCUT2D eigenvalue weighted by Gasteiger charge is -2.11. The third-order valence-corrected chi connectivity index (χ3v) is 4.37. The van der Waals surface area contributed by atoms with Gasteiger partial charge in [-0.1, -0.05) is 66.7 Å². The summed E-state index contributed by atoms with van der Waals surface area (Å²) < 4.78 is 0. The predicted octanol–water partition coefficient (Wildman–Crippen LogP) is 5.46. The maximum atomic E-state index is 12.6. The molecule has 0 atom stereocenters. The van der Waals surface area contributed by atoms with Crippen LogP contribution in [-0.2, 0) is 0 Å². The number of aromatic hydroxyl groups is 1. The summed E-state index contributed by atoms with van der Waals surface area (Å²) in [6, 6.07) is 28.5. The van der Waals surface area contributed by atoms with Crippen LogP contribution < -0.4 is 5.32 Å². The monoisotopic (exact) mass is 339 g/mol. The van der Waals surface area contributed by atoms with E-state index in [1.165, 1.54) is 0 Å². The van der Waals surface area contributed by atoms with E-state index in [2.05, 4.69) is 23.5 Å². The maximum Gasteiger partial charge on any atom is 0.259 e. The predicted molar refractivity (Wildman–Crippen MR) is 105 cm³/mol. The molecule has 1 amide bonds. The first-order chi connectivity index (χ1) is 12.7. The number of benzene rings is 4. The molecular weight excluding hydrogens is 322 g/mol. The summed E-state index contributed by atoms with van der Waals surface area (Å²) >= 11 is 0. The average molecular weight is 339 g/mol. The second-order valence-corrected chi connectivity index (χ2v) is 6.08. The highest BCUT2D eigenvalue weighted by Gasteiger charge is 2.14. The number of carbonyl (C=O) groups is 1. The van der Waals surface area contributed by atoms with Crippen molar-refractivity contribution in [1.82, 2.24) is 0 Å². The molecule has 0 bridgehead atoms. The van der Waals surface area contributed by atoms with Gasteiger partial charge >= 0.3 is 0 Å². The summed E-state index contributed by atoms with van der Waals surface area (Å²) in [4.78, 5) is 12.6. The number of hydrogen-bond acceptors (Lipinski definition) is 2. The summed E-state index contributed by atoms with van der Waals surface area (Å²) in [5.74, 6) is -0.377. The van der Waals surface area contributed by atoms with Gasteiger partial charge in [-0.15, -0.1) is 0 Å². The number of phenols is 1. The van der Waals surface area contributed by atoms with Crippen molar-refractivity contribution in [1.29, 1.82) is 0 Å². The molecule has 3 heteroatoms. The van der Waals surface area contributed by atoms with Crippen LogP contribution in [0.2, 0.25) is 0 Å². The normalized spacial score (nSPS) is 10.6. The van der Waals surface area contributed by atoms with Crippen LogP contribution in [0.1, 0.15) is 10.4 Å². The molecule has 0 saturated heterocycles. The minimum atomic E-state index is -0.337. The van der Waals surface area contributed by atoms with Crippen molar-refractivity contribution < 1.29 is 9.90 Å². The maximum absolute atomic E-state index is 12.6. The van der Waals surface area contributed by atoms with E-state index in [1.54, 1.807) is 12.1 Å². The number of amides is 1. The third-order valence-electron chi connectivity index (χ3n) is 4.37. The van der Waals surface area contributed by atoms with Gasteiger partial charge in [0.1, 0.15) is 5.75 Å². The number of rotatable bonds is 3. The van der Waals surface area contributed by atoms with E-state index in [0.717, 1.165) is 21.9 Å². The van der Waals surface area contributed by atoms with E-state index in [4.69, 9.17) is 0 Å². The smallest absolute Gasteiger partial charge is 0.259 e. The summed E-state index contributed by atoms with van der Waals surface area (Å²) in [7, 11) is 0. The number of phenolic OH excluding ortho intramolecular Hbond substituents is 1. The summed E-state index contributed by atoms with van der Waals surface area (Å²) in [5, 5.41) is 15.2. The summed E-state index contributed by atoms with van der Waals surface area (Å²) in [6.45, 7) is 0. The number of anilines is 1. The molecule has 2 N–H and O–H groups in total. The molecule has 3 nitrogen and oxygen atoms in total. The number of hydrogen-bond donors (Lipinski definition) is 2. The van der Waals surface area contributed by atoms with Gasteiger partial charge in [0.15, 0.2) is 0 Å². The van der Waals surface area contributed by atoms with Crippen LogP contribution >= 0.6 is 0 Å². The molecule has 4 rings (SSSR count). The highest BCUT2D eigenvalue weighted by atomic mass is 16.3. The molecule has 0 radical (unpaired) electrons. The molecule has 0 aromatic heterocycles. The van der Waals surface area contributed by atoms with Crippen molar-refractivity contribution in [3.8, 4) is 16.9 Å². The molecule has 4 aromatic carbocycles. The molecule has 0 aliphatic heterocycles. The van der Waals surface area contributed by atoms with Crippen LogP contribution in [0, 0.1) is 0 Å². The van der Waals surface area contributed by atoms with E-state index in [9.17, 15) is 9.90 Å². The van der Waals surface area contributed by atoms with Gasteiger partial charge in [-0.2, -0.15) is 0 Å². The van der Waals surface area contributed by atoms with E-state index in [1.807, 2.05) is 60.7 Å². The minimum Gasteiger partial charge on any atom is -0.507 e. The molecule has 0 fully saturated rings. The Kier molecular flexibility index (Phi) is 4.12. The van der Waals surface area contributed by atoms with Crippen LogP contribution in [0.25, 0.3) is 21.9 Å². The second kappa shape index (κ2) is 6.73. The first-order valence-electron chi connectivity index (χ1n) is 8.40. The topological polar surface area (TPSA) is 49.3 Å². The van der Waals surface area contributed by atoms with Gasteiger partial charge in [-0.05, 0) is 46.2 Å². The molecule has 26 heavy (non-hydrogen) atoms. The zero-order valence-corrected chi connectivity index (χ0v) is 14.0. The van der Waals surface area contributed by atoms with Crippen molar-refractivity contribution >= 4 is 22.4 Å². The van der Waals surface area contributed by atoms with Crippen LogP contribution in [0.4, 0.5) is 5.69 Å². The quantitative estimate of drug-likeness (QED) is 0.520. The molecule has 0 heterocycles. The standard InChI is InChI=1S/C23H17NO2/c25-22-14-13-17(20-12-6-8-16-7-4-5-11-19(16)20)15-21(22)23(26)24-18-9-2-1-3-10-18/h1-15,25H,(H,24,26). The van der Waals surface area contributed by atoms with Crippen molar-refractivity contribution in [2.24, 2.45) is 0 Å². The van der Waals surface area contributed by atoms with Gasteiger partial charge in [-0.3, -0.25) is 4.79 Å². The molecule has 0 saturated carbocycles. The largest absolute Gasteiger partial charge is 0.507 e. The fourth-order valence-corrected chi connectivity index (χ4v) is 3.08. The minimum absolute atomic E-state index is 0.0394. The molecular formula is C23H17NO2. The van der Waals surface area contributed by atoms with E-state index in [0.29, 0.717) is 5.69 Å². The number of nitrogens with one attached hydrogen (secondary N) is 1. The lowest BCUT2D eigenvalue weighted by molar-refractivity contribution is 0.102. The lowest BCUT2D eigenvalue weighted by atomic mass is 9.96. The van der Waals surface area contributed by atoms with Crippen molar-refractivity contribution in [3.63, 3.8) is 0 Å². The fourth-order valence-electron chi connectivity index (χ4n) is 3.08. The Hall–Kier alpha value is -3.59. The average Bonchev–Trinajstić information content (AvgIpc) is 2.69. The Balaban J connectivity index is 1.75. The van der Waals surface area contributed by atoms with Crippen molar-refractivity contribution in [2.45, 2.75) is 0 Å². The van der Waals surface area contributed by atoms with E-state index in [-0.39, 0.29) is 17.2 Å². The molecule has 0 unspecified atom stereocenters. The highest BCUT2D eigenvalue weighted by Crippen LogP contribution is 2.31. The van der Waals surface area contributed by atoms with Crippen LogP contribution in [0.5, 0.6) is 5.75 Å². The van der Waals surface area contributed by atoms with Gasteiger partial charge in [0.25, 0.3) is 5.91 Å². The Bertz CT molecular complexity index is 1080. The summed E-state index contributed by atoms with van der Waals surface area (Å²) in [5.41, 5.74) is 2.85. The van der Waals surface area contributed by atoms with E-state index >= 15 is 0 Å². The SMILES string of the molecule is O=C(Nc1ccccc1)c1cc(-c2cccc3ccccc23)ccc1O. The van der Waals surface area contributed by atoms with Crippen molar-refractivity contribution in [3.05, 3.63) is 96.6 Å². The Labute approximate surface area is 151 Å². The van der Waals surface area contributed by atoms with Gasteiger partial charge in [0.2, 0.25) is 0 Å². The van der Waals surface area contributed by atoms with Gasteiger partial charge in [0, 0.05) is 5.69 Å². The van der Waals surface area contributed by atoms with Gasteiger partial charge in [-0.25, -0.2) is 0 Å². The van der Waals surface area contributed by atoms with Crippen molar-refractivity contribution in [2.75, 3.05) is 5.32 Å². The molecule has 0 spiro atoms.